The standard InChI is InChI=1S/C14H15FN4OS/c15-12-9-10(16)1-2-11(12)13(20)18-4-6-19(7-5-18)14-17-3-8-21-14/h1-3,8-9H,4-7,16H2. The van der Waals surface area contributed by atoms with Crippen LogP contribution in [0.25, 0.3) is 0 Å². The number of anilines is 2. The normalized spacial score (nSPS) is 15.3. The number of nitrogens with zero attached hydrogens (tertiary/aromatic N) is 3. The second kappa shape index (κ2) is 5.69. The van der Waals surface area contributed by atoms with Crippen molar-refractivity contribution in [1.29, 1.82) is 0 Å². The second-order valence-corrected chi connectivity index (χ2v) is 5.71. The maximum absolute atomic E-state index is 13.8. The highest BCUT2D eigenvalue weighted by molar-refractivity contribution is 7.13. The molecule has 0 atom stereocenters. The second-order valence-electron chi connectivity index (χ2n) is 4.83. The van der Waals surface area contributed by atoms with Crippen LogP contribution in [0.15, 0.2) is 29.8 Å². The van der Waals surface area contributed by atoms with E-state index in [1.54, 1.807) is 28.5 Å². The number of aromatic nitrogens is 1. The van der Waals surface area contributed by atoms with Gasteiger partial charge < -0.3 is 15.5 Å². The van der Waals surface area contributed by atoms with E-state index in [0.29, 0.717) is 31.9 Å². The number of thiazole rings is 1. The molecule has 3 rings (SSSR count). The lowest BCUT2D eigenvalue weighted by molar-refractivity contribution is 0.0742. The molecule has 1 amide bonds. The number of amides is 1. The van der Waals surface area contributed by atoms with Crippen LogP contribution in [-0.4, -0.2) is 42.0 Å². The van der Waals surface area contributed by atoms with E-state index in [1.807, 2.05) is 5.38 Å². The van der Waals surface area contributed by atoms with Crippen molar-refractivity contribution < 1.29 is 9.18 Å². The van der Waals surface area contributed by atoms with E-state index < -0.39 is 5.82 Å². The maximum atomic E-state index is 13.8. The number of carbonyl (C=O) groups is 1. The fourth-order valence-corrected chi connectivity index (χ4v) is 3.04. The van der Waals surface area contributed by atoms with Gasteiger partial charge in [-0.05, 0) is 18.2 Å². The van der Waals surface area contributed by atoms with Crippen molar-refractivity contribution in [3.8, 4) is 0 Å². The summed E-state index contributed by atoms with van der Waals surface area (Å²) < 4.78 is 13.8. The third kappa shape index (κ3) is 2.82. The van der Waals surface area contributed by atoms with E-state index in [4.69, 9.17) is 5.73 Å². The first-order chi connectivity index (χ1) is 10.1. The summed E-state index contributed by atoms with van der Waals surface area (Å²) in [6.07, 6.45) is 1.77. The van der Waals surface area contributed by atoms with E-state index in [-0.39, 0.29) is 11.5 Å². The summed E-state index contributed by atoms with van der Waals surface area (Å²) in [7, 11) is 0. The fourth-order valence-electron chi connectivity index (χ4n) is 2.35. The average molecular weight is 306 g/mol. The molecule has 1 aromatic heterocycles. The molecule has 5 nitrogen and oxygen atoms in total. The van der Waals surface area contributed by atoms with E-state index in [2.05, 4.69) is 9.88 Å². The molecular formula is C14H15FN4OS. The van der Waals surface area contributed by atoms with Crippen LogP contribution in [0.3, 0.4) is 0 Å². The first kappa shape index (κ1) is 13.8. The van der Waals surface area contributed by atoms with Gasteiger partial charge in [0.05, 0.1) is 5.56 Å². The molecule has 1 aliphatic heterocycles. The highest BCUT2D eigenvalue weighted by Crippen LogP contribution is 2.20. The minimum absolute atomic E-state index is 0.0758. The topological polar surface area (TPSA) is 62.5 Å². The Morgan fingerprint density at radius 3 is 2.67 bits per heavy atom. The lowest BCUT2D eigenvalue weighted by Gasteiger charge is -2.34. The summed E-state index contributed by atoms with van der Waals surface area (Å²) in [5.74, 6) is -0.853. The van der Waals surface area contributed by atoms with E-state index >= 15 is 0 Å². The van der Waals surface area contributed by atoms with Crippen molar-refractivity contribution in [2.45, 2.75) is 0 Å². The monoisotopic (exact) mass is 306 g/mol. The van der Waals surface area contributed by atoms with Crippen LogP contribution in [0.5, 0.6) is 0 Å². The molecule has 0 aliphatic carbocycles. The molecule has 1 saturated heterocycles. The molecule has 0 bridgehead atoms. The van der Waals surface area contributed by atoms with Crippen molar-refractivity contribution in [2.24, 2.45) is 0 Å². The molecule has 2 heterocycles. The molecule has 7 heteroatoms. The summed E-state index contributed by atoms with van der Waals surface area (Å²) in [6, 6.07) is 4.17. The smallest absolute Gasteiger partial charge is 0.256 e. The van der Waals surface area contributed by atoms with Gasteiger partial charge in [0.1, 0.15) is 5.82 Å². The van der Waals surface area contributed by atoms with Crippen LogP contribution in [0.1, 0.15) is 10.4 Å². The van der Waals surface area contributed by atoms with Crippen molar-refractivity contribution >= 4 is 28.1 Å². The number of benzene rings is 1. The van der Waals surface area contributed by atoms with Gasteiger partial charge in [-0.1, -0.05) is 0 Å². The predicted octanol–water partition coefficient (Wildman–Crippen LogP) is 1.83. The average Bonchev–Trinajstić information content (AvgIpc) is 3.01. The van der Waals surface area contributed by atoms with Crippen LogP contribution >= 0.6 is 11.3 Å². The van der Waals surface area contributed by atoms with Gasteiger partial charge in [0.2, 0.25) is 0 Å². The molecule has 0 saturated carbocycles. The Morgan fingerprint density at radius 2 is 2.05 bits per heavy atom. The van der Waals surface area contributed by atoms with Gasteiger partial charge in [-0.25, -0.2) is 9.37 Å². The van der Waals surface area contributed by atoms with Gasteiger partial charge in [0, 0.05) is 43.4 Å². The number of carbonyl (C=O) groups excluding carboxylic acids is 1. The molecular weight excluding hydrogens is 291 g/mol. The Morgan fingerprint density at radius 1 is 1.29 bits per heavy atom. The van der Waals surface area contributed by atoms with Gasteiger partial charge in [0.15, 0.2) is 5.13 Å². The molecule has 1 aliphatic rings. The van der Waals surface area contributed by atoms with Crippen LogP contribution in [0.2, 0.25) is 0 Å². The summed E-state index contributed by atoms with van der Waals surface area (Å²) in [6.45, 7) is 2.52. The Labute approximate surface area is 125 Å². The predicted molar refractivity (Wildman–Crippen MR) is 81.0 cm³/mol. The van der Waals surface area contributed by atoms with Crippen molar-refractivity contribution in [2.75, 3.05) is 36.8 Å². The number of hydrogen-bond acceptors (Lipinski definition) is 5. The zero-order valence-electron chi connectivity index (χ0n) is 11.3. The Kier molecular flexibility index (Phi) is 3.74. The minimum atomic E-state index is -0.567. The van der Waals surface area contributed by atoms with Crippen LogP contribution in [-0.2, 0) is 0 Å². The minimum Gasteiger partial charge on any atom is -0.399 e. The van der Waals surface area contributed by atoms with Crippen molar-refractivity contribution in [1.82, 2.24) is 9.88 Å². The molecule has 1 fully saturated rings. The van der Waals surface area contributed by atoms with E-state index in [1.165, 1.54) is 12.1 Å². The van der Waals surface area contributed by atoms with E-state index in [0.717, 1.165) is 5.13 Å². The van der Waals surface area contributed by atoms with Crippen LogP contribution in [0, 0.1) is 5.82 Å². The zero-order valence-corrected chi connectivity index (χ0v) is 12.1. The lowest BCUT2D eigenvalue weighted by atomic mass is 10.1. The van der Waals surface area contributed by atoms with Crippen LogP contribution < -0.4 is 10.6 Å². The molecule has 110 valence electrons. The van der Waals surface area contributed by atoms with Crippen molar-refractivity contribution in [3.05, 3.63) is 41.2 Å². The third-order valence-corrected chi connectivity index (χ3v) is 4.31. The number of nitrogens with two attached hydrogens (primary N) is 1. The summed E-state index contributed by atoms with van der Waals surface area (Å²) >= 11 is 1.58. The van der Waals surface area contributed by atoms with Crippen LogP contribution in [0.4, 0.5) is 15.2 Å². The summed E-state index contributed by atoms with van der Waals surface area (Å²) in [4.78, 5) is 20.4. The molecule has 2 aromatic rings. The summed E-state index contributed by atoms with van der Waals surface area (Å²) in [5, 5.41) is 2.89. The Hall–Kier alpha value is -2.15. The van der Waals surface area contributed by atoms with Gasteiger partial charge in [-0.3, -0.25) is 4.79 Å². The quantitative estimate of drug-likeness (QED) is 0.860. The first-order valence-corrected chi connectivity index (χ1v) is 7.52. The van der Waals surface area contributed by atoms with Gasteiger partial charge in [-0.15, -0.1) is 11.3 Å². The maximum Gasteiger partial charge on any atom is 0.256 e. The number of hydrogen-bond donors (Lipinski definition) is 1. The van der Waals surface area contributed by atoms with Crippen molar-refractivity contribution in [3.63, 3.8) is 0 Å². The fraction of sp³-hybridized carbons (Fsp3) is 0.286. The highest BCUT2D eigenvalue weighted by atomic mass is 32.1. The highest BCUT2D eigenvalue weighted by Gasteiger charge is 2.24. The number of halogens is 1. The van der Waals surface area contributed by atoms with E-state index in [9.17, 15) is 9.18 Å². The molecule has 2 N–H and O–H groups in total. The molecule has 1 aromatic carbocycles. The lowest BCUT2D eigenvalue weighted by Crippen LogP contribution is -2.49. The first-order valence-electron chi connectivity index (χ1n) is 6.64. The Balaban J connectivity index is 1.67. The number of rotatable bonds is 2. The SMILES string of the molecule is Nc1ccc(C(=O)N2CCN(c3nccs3)CC2)c(F)c1. The number of piperazine rings is 1. The molecule has 0 unspecified atom stereocenters. The zero-order chi connectivity index (χ0) is 14.8. The Bertz CT molecular complexity index is 638. The summed E-state index contributed by atoms with van der Waals surface area (Å²) in [5.41, 5.74) is 5.89. The largest absolute Gasteiger partial charge is 0.399 e. The van der Waals surface area contributed by atoms with Gasteiger partial charge in [-0.2, -0.15) is 0 Å². The molecule has 21 heavy (non-hydrogen) atoms. The third-order valence-electron chi connectivity index (χ3n) is 3.48. The van der Waals surface area contributed by atoms with Gasteiger partial charge in [0.25, 0.3) is 5.91 Å². The van der Waals surface area contributed by atoms with Gasteiger partial charge >= 0.3 is 0 Å². The molecule has 0 spiro atoms. The number of nitrogen functional groups attached to an aromatic ring is 1. The molecule has 0 radical (unpaired) electrons.